The molecule has 11 heteroatoms. The molecule has 0 saturated carbocycles. The summed E-state index contributed by atoms with van der Waals surface area (Å²) in [4.78, 5) is 39.6. The highest BCUT2D eigenvalue weighted by Gasteiger charge is 2.66. The minimum atomic E-state index is -1.40. The van der Waals surface area contributed by atoms with E-state index >= 15 is 4.39 Å². The molecule has 3 aromatic carbocycles. The van der Waals surface area contributed by atoms with Crippen LogP contribution >= 0.6 is 34.8 Å². The smallest absolute Gasteiger partial charge is 0.337 e. The zero-order valence-corrected chi connectivity index (χ0v) is 24.6. The second kappa shape index (κ2) is 10.6. The Hall–Kier alpha value is -3.17. The molecule has 0 aliphatic carbocycles. The summed E-state index contributed by atoms with van der Waals surface area (Å²) in [5.41, 5.74) is -0.360. The largest absolute Gasteiger partial charge is 0.478 e. The molecule has 1 fully saturated rings. The van der Waals surface area contributed by atoms with Crippen molar-refractivity contribution >= 4 is 64.0 Å². The predicted octanol–water partition coefficient (Wildman–Crippen LogP) is 6.87. The number of halogens is 4. The molecule has 1 spiro atoms. The lowest BCUT2D eigenvalue weighted by atomic mass is 9.62. The van der Waals surface area contributed by atoms with Gasteiger partial charge in [-0.05, 0) is 59.4 Å². The Morgan fingerprint density at radius 3 is 2.44 bits per heavy atom. The molecule has 3 aromatic rings. The van der Waals surface area contributed by atoms with Gasteiger partial charge in [-0.1, -0.05) is 73.8 Å². The number of fused-ring (bicyclic) bond motifs is 2. The van der Waals surface area contributed by atoms with Gasteiger partial charge in [-0.2, -0.15) is 0 Å². The molecule has 0 unspecified atom stereocenters. The Bertz CT molecular complexity index is 1590. The maximum Gasteiger partial charge on any atom is 0.337 e. The summed E-state index contributed by atoms with van der Waals surface area (Å²) in [7, 11) is 0. The average Bonchev–Trinajstić information content (AvgIpc) is 3.34. The Morgan fingerprint density at radius 2 is 1.78 bits per heavy atom. The van der Waals surface area contributed by atoms with Crippen LogP contribution in [0.1, 0.15) is 54.6 Å². The Kier molecular flexibility index (Phi) is 7.57. The quantitative estimate of drug-likeness (QED) is 0.250. The minimum absolute atomic E-state index is 0.0600. The summed E-state index contributed by atoms with van der Waals surface area (Å²) in [6.45, 7) is 6.06. The van der Waals surface area contributed by atoms with Crippen LogP contribution in [0.5, 0.6) is 0 Å². The third kappa shape index (κ3) is 5.07. The summed E-state index contributed by atoms with van der Waals surface area (Å²) in [5, 5.41) is 18.6. The number of carbonyl (C=O) groups excluding carboxylic acids is 2. The Labute approximate surface area is 251 Å². The summed E-state index contributed by atoms with van der Waals surface area (Å²) < 4.78 is 15.8. The van der Waals surface area contributed by atoms with Crippen LogP contribution in [-0.2, 0) is 15.0 Å². The number of amides is 2. The monoisotopic (exact) mass is 617 g/mol. The van der Waals surface area contributed by atoms with Crippen molar-refractivity contribution in [2.24, 2.45) is 5.41 Å². The molecule has 4 atom stereocenters. The van der Waals surface area contributed by atoms with Gasteiger partial charge in [-0.3, -0.25) is 9.59 Å². The maximum absolute atomic E-state index is 15.8. The minimum Gasteiger partial charge on any atom is -0.478 e. The molecular weight excluding hydrogens is 592 g/mol. The standard InChI is InChI=1S/C30H27Cl3FN3O4/c1-29(2,3)13-22-30(18-10-7-14(31)11-21(18)36-28(30)41)23(17-5-4-6-19(32)24(17)34)25(37-22)26(38)35-15-8-9-16(27(39)40)20(33)12-15/h4-12,22-23,25,37H,13H2,1-3H3,(H,35,38)(H,36,41)(H,39,40)/t22-,23-,25+,30+/m0/s1. The second-order valence-electron chi connectivity index (χ2n) is 11.6. The van der Waals surface area contributed by atoms with Crippen LogP contribution < -0.4 is 16.0 Å². The third-order valence-corrected chi connectivity index (χ3v) is 8.53. The second-order valence-corrected chi connectivity index (χ2v) is 12.8. The van der Waals surface area contributed by atoms with Gasteiger partial charge in [-0.15, -0.1) is 0 Å². The summed E-state index contributed by atoms with van der Waals surface area (Å²) in [6, 6.07) is 11.9. The van der Waals surface area contributed by atoms with E-state index in [0.717, 1.165) is 0 Å². The molecule has 7 nitrogen and oxygen atoms in total. The molecule has 1 saturated heterocycles. The molecule has 2 aliphatic heterocycles. The van der Waals surface area contributed by atoms with E-state index in [0.29, 0.717) is 22.7 Å². The first kappa shape index (κ1) is 29.3. The number of benzene rings is 3. The number of carboxylic acids is 1. The average molecular weight is 619 g/mol. The first-order valence-corrected chi connectivity index (χ1v) is 14.0. The zero-order valence-electron chi connectivity index (χ0n) is 22.3. The fourth-order valence-electron chi connectivity index (χ4n) is 6.14. The van der Waals surface area contributed by atoms with E-state index in [1.165, 1.54) is 30.3 Å². The molecule has 2 amide bonds. The van der Waals surface area contributed by atoms with E-state index in [-0.39, 0.29) is 38.2 Å². The van der Waals surface area contributed by atoms with E-state index < -0.39 is 41.1 Å². The van der Waals surface area contributed by atoms with Gasteiger partial charge in [0.15, 0.2) is 0 Å². The van der Waals surface area contributed by atoms with Crippen molar-refractivity contribution in [2.45, 2.75) is 50.6 Å². The molecule has 4 N–H and O–H groups in total. The fourth-order valence-corrected chi connectivity index (χ4v) is 6.75. The van der Waals surface area contributed by atoms with Gasteiger partial charge in [0.25, 0.3) is 0 Å². The molecule has 0 bridgehead atoms. The fraction of sp³-hybridized carbons (Fsp3) is 0.300. The molecule has 2 aliphatic rings. The van der Waals surface area contributed by atoms with Gasteiger partial charge < -0.3 is 21.1 Å². The number of carboxylic acid groups (broad SMARTS) is 1. The Balaban J connectivity index is 1.69. The molecule has 0 radical (unpaired) electrons. The van der Waals surface area contributed by atoms with E-state index in [9.17, 15) is 19.5 Å². The van der Waals surface area contributed by atoms with Crippen LogP contribution in [0.25, 0.3) is 0 Å². The number of aromatic carboxylic acids is 1. The number of hydrogen-bond donors (Lipinski definition) is 4. The highest BCUT2D eigenvalue weighted by atomic mass is 35.5. The number of anilines is 2. The lowest BCUT2D eigenvalue weighted by Crippen LogP contribution is -2.49. The normalized spacial score (nSPS) is 23.4. The molecule has 214 valence electrons. The lowest BCUT2D eigenvalue weighted by Gasteiger charge is -2.37. The predicted molar refractivity (Wildman–Crippen MR) is 158 cm³/mol. The van der Waals surface area contributed by atoms with Crippen LogP contribution in [0, 0.1) is 11.2 Å². The van der Waals surface area contributed by atoms with Gasteiger partial charge in [0.1, 0.15) is 11.2 Å². The number of nitrogens with one attached hydrogen (secondary N) is 3. The van der Waals surface area contributed by atoms with Crippen LogP contribution in [0.3, 0.4) is 0 Å². The van der Waals surface area contributed by atoms with E-state index in [1.807, 2.05) is 20.8 Å². The van der Waals surface area contributed by atoms with Crippen molar-refractivity contribution in [3.8, 4) is 0 Å². The van der Waals surface area contributed by atoms with E-state index in [2.05, 4.69) is 16.0 Å². The number of hydrogen-bond acceptors (Lipinski definition) is 4. The highest BCUT2D eigenvalue weighted by Crippen LogP contribution is 2.57. The van der Waals surface area contributed by atoms with Crippen LogP contribution in [0.15, 0.2) is 54.6 Å². The number of carbonyl (C=O) groups is 3. The van der Waals surface area contributed by atoms with E-state index in [4.69, 9.17) is 34.8 Å². The summed E-state index contributed by atoms with van der Waals surface area (Å²) in [6.07, 6.45) is 0.462. The molecule has 41 heavy (non-hydrogen) atoms. The van der Waals surface area contributed by atoms with Crippen LogP contribution in [0.2, 0.25) is 15.1 Å². The van der Waals surface area contributed by atoms with E-state index in [1.54, 1.807) is 24.3 Å². The zero-order chi connectivity index (χ0) is 29.9. The van der Waals surface area contributed by atoms with Gasteiger partial charge in [0, 0.05) is 28.4 Å². The van der Waals surface area contributed by atoms with Crippen molar-refractivity contribution in [1.29, 1.82) is 0 Å². The van der Waals surface area contributed by atoms with Crippen molar-refractivity contribution in [3.63, 3.8) is 0 Å². The summed E-state index contributed by atoms with van der Waals surface area (Å²) in [5.74, 6) is -3.90. The Morgan fingerprint density at radius 1 is 1.05 bits per heavy atom. The third-order valence-electron chi connectivity index (χ3n) is 7.69. The van der Waals surface area contributed by atoms with Gasteiger partial charge in [0.05, 0.1) is 21.7 Å². The van der Waals surface area contributed by atoms with Gasteiger partial charge in [0.2, 0.25) is 11.8 Å². The van der Waals surface area contributed by atoms with Crippen molar-refractivity contribution < 1.29 is 23.9 Å². The molecule has 2 heterocycles. The van der Waals surface area contributed by atoms with Crippen molar-refractivity contribution in [2.75, 3.05) is 10.6 Å². The molecular formula is C30H27Cl3FN3O4. The molecule has 5 rings (SSSR count). The highest BCUT2D eigenvalue weighted by molar-refractivity contribution is 6.34. The maximum atomic E-state index is 15.8. The lowest BCUT2D eigenvalue weighted by molar-refractivity contribution is -0.122. The topological polar surface area (TPSA) is 108 Å². The molecule has 0 aromatic heterocycles. The van der Waals surface area contributed by atoms with Crippen LogP contribution in [-0.4, -0.2) is 35.0 Å². The van der Waals surface area contributed by atoms with Crippen molar-refractivity contribution in [1.82, 2.24) is 5.32 Å². The van der Waals surface area contributed by atoms with Crippen molar-refractivity contribution in [3.05, 3.63) is 92.2 Å². The first-order valence-electron chi connectivity index (χ1n) is 12.9. The first-order chi connectivity index (χ1) is 19.2. The van der Waals surface area contributed by atoms with Crippen LogP contribution in [0.4, 0.5) is 15.8 Å². The summed E-state index contributed by atoms with van der Waals surface area (Å²) >= 11 is 18.6. The van der Waals surface area contributed by atoms with Gasteiger partial charge >= 0.3 is 5.97 Å². The van der Waals surface area contributed by atoms with Gasteiger partial charge in [-0.25, -0.2) is 9.18 Å². The SMILES string of the molecule is CC(C)(C)C[C@@H]1N[C@@H](C(=O)Nc2ccc(C(=O)O)c(Cl)c2)[C@H](c2cccc(Cl)c2F)[C@]12C(=O)Nc1cc(Cl)ccc12. The number of rotatable bonds is 5.